The second-order valence-electron chi connectivity index (χ2n) is 11.8. The summed E-state index contributed by atoms with van der Waals surface area (Å²) in [5.74, 6) is 2.41. The van der Waals surface area contributed by atoms with E-state index in [1.807, 2.05) is 97.1 Å². The zero-order valence-corrected chi connectivity index (χ0v) is 33.5. The first-order valence-electron chi connectivity index (χ1n) is 16.3. The van der Waals surface area contributed by atoms with Crippen LogP contribution in [0.15, 0.2) is 128 Å². The smallest absolute Gasteiger partial charge is 0.669 e. The number of aromatic nitrogens is 2. The van der Waals surface area contributed by atoms with Gasteiger partial charge in [0, 0.05) is 67.8 Å². The van der Waals surface area contributed by atoms with Crippen molar-refractivity contribution in [3.63, 3.8) is 0 Å². The largest absolute Gasteiger partial charge is 4.00 e. The molecule has 1 aliphatic rings. The molecule has 0 saturated carbocycles. The number of hydrogen-bond acceptors (Lipinski definition) is 5. The van der Waals surface area contributed by atoms with Gasteiger partial charge in [-0.05, 0) is 56.3 Å². The van der Waals surface area contributed by atoms with Crippen molar-refractivity contribution < 1.29 is 51.6 Å². The maximum atomic E-state index is 6.57. The van der Waals surface area contributed by atoms with Crippen molar-refractivity contribution >= 4 is 17.1 Å². The number of hydrogen-bond donors (Lipinski definition) is 0. The first-order valence-corrected chi connectivity index (χ1v) is 16.3. The molecule has 0 amide bonds. The number of para-hydroxylation sites is 1. The Labute approximate surface area is 340 Å². The number of fused-ring (bicyclic) bond motifs is 1. The molecule has 0 bridgehead atoms. The van der Waals surface area contributed by atoms with E-state index in [0.29, 0.717) is 23.0 Å². The molecule has 0 aliphatic carbocycles. The third-order valence-electron chi connectivity index (χ3n) is 8.19. The van der Waals surface area contributed by atoms with Gasteiger partial charge in [0.1, 0.15) is 0 Å². The van der Waals surface area contributed by atoms with Gasteiger partial charge in [-0.25, -0.2) is 24.2 Å². The molecule has 2 aromatic heterocycles. The molecule has 0 radical (unpaired) electrons. The molecule has 7 aromatic rings. The molecule has 8 rings (SSSR count). The molecular weight excluding hydrogens is 1020 g/mol. The summed E-state index contributed by atoms with van der Waals surface area (Å²) < 4.78 is 13.7. The Hall–Kier alpha value is -5.33. The van der Waals surface area contributed by atoms with E-state index in [-0.39, 0.29) is 42.1 Å². The monoisotopic (exact) mass is 1050 g/mol. The van der Waals surface area contributed by atoms with Crippen molar-refractivity contribution in [1.82, 2.24) is 9.55 Å². The average Bonchev–Trinajstić information content (AvgIpc) is 3.81. The minimum Gasteiger partial charge on any atom is -0.669 e. The van der Waals surface area contributed by atoms with Crippen molar-refractivity contribution in [2.45, 2.75) is 13.8 Å². The fourth-order valence-electron chi connectivity index (χ4n) is 5.48. The van der Waals surface area contributed by atoms with Gasteiger partial charge in [-0.2, -0.15) is 43.1 Å². The predicted molar refractivity (Wildman–Crippen MR) is 200 cm³/mol. The minimum atomic E-state index is 0. The Morgan fingerprint density at radius 2 is 1.30 bits per heavy atom. The molecule has 0 unspecified atom stereocenters. The van der Waals surface area contributed by atoms with Crippen LogP contribution in [-0.2, 0) is 42.1 Å². The number of nitrogens with zero attached hydrogens (tertiary/aromatic N) is 4. The van der Waals surface area contributed by atoms with E-state index >= 15 is 0 Å². The molecule has 0 saturated heterocycles. The van der Waals surface area contributed by atoms with Gasteiger partial charge in [0.25, 0.3) is 0 Å². The molecule has 1 aliphatic heterocycles. The molecule has 0 atom stereocenters. The van der Waals surface area contributed by atoms with Crippen LogP contribution in [0.25, 0.3) is 22.4 Å². The summed E-state index contributed by atoms with van der Waals surface area (Å²) in [5.41, 5.74) is 8.92. The zero-order valence-electron chi connectivity index (χ0n) is 28.9. The zero-order chi connectivity index (χ0) is 35.2. The summed E-state index contributed by atoms with van der Waals surface area (Å²) >= 11 is 0. The molecule has 0 spiro atoms. The van der Waals surface area contributed by atoms with Crippen molar-refractivity contribution in [1.29, 1.82) is 0 Å². The van der Waals surface area contributed by atoms with E-state index in [0.717, 1.165) is 39.4 Å². The topological polar surface area (TPSA) is 42.8 Å². The third kappa shape index (κ3) is 9.37. The van der Waals surface area contributed by atoms with E-state index in [1.54, 1.807) is 23.2 Å². The number of pyridine rings is 1. The molecule has 5 aromatic carbocycles. The second-order valence-corrected chi connectivity index (χ2v) is 11.8. The number of benzene rings is 5. The Bertz CT molecular complexity index is 2320. The average molecular weight is 1050 g/mol. The summed E-state index contributed by atoms with van der Waals surface area (Å²) in [6.45, 7) is 6.34. The Morgan fingerprint density at radius 1 is 0.679 bits per heavy atom. The summed E-state index contributed by atoms with van der Waals surface area (Å²) in [6.07, 6.45) is 11.8. The quantitative estimate of drug-likeness (QED) is 0.118. The van der Waals surface area contributed by atoms with E-state index in [2.05, 4.69) is 90.9 Å². The van der Waals surface area contributed by atoms with Crippen LogP contribution in [0.4, 0.5) is 17.1 Å². The summed E-state index contributed by atoms with van der Waals surface area (Å²) in [7, 11) is 2.06. The molecule has 0 fully saturated rings. The molecule has 0 N–H and O–H groups in total. The van der Waals surface area contributed by atoms with Crippen LogP contribution in [0.1, 0.15) is 11.1 Å². The van der Waals surface area contributed by atoms with E-state index in [9.17, 15) is 0 Å². The van der Waals surface area contributed by atoms with Crippen LogP contribution in [-0.4, -0.2) is 16.6 Å². The standard InChI is InChI=1S/C39H27N3O2.C6H4N.2Pt/c1-27-20-38-39(21-28(27)2)42(26-41(38)3)32-12-9-17-36(25-32)44-35-16-8-11-31(23-35)37-24-30(18-19-40-37)29-10-7-15-34(22-29)43-33-13-5-4-6-14-33;1-2-7-5-3-4-6-7;;/h4-13,15-17,19-21,24,26H,1-3H3;3-6H;;/q-6;-1;;+4. The second kappa shape index (κ2) is 17.9. The first-order chi connectivity index (χ1) is 24.9. The van der Waals surface area contributed by atoms with Crippen molar-refractivity contribution in [2.24, 2.45) is 0 Å². The fourth-order valence-corrected chi connectivity index (χ4v) is 5.48. The van der Waals surface area contributed by atoms with Crippen LogP contribution < -0.4 is 19.3 Å². The van der Waals surface area contributed by atoms with Crippen LogP contribution in [0.3, 0.4) is 0 Å². The summed E-state index contributed by atoms with van der Waals surface area (Å²) in [4.78, 5) is 8.83. The van der Waals surface area contributed by atoms with Gasteiger partial charge in [0.2, 0.25) is 0 Å². The van der Waals surface area contributed by atoms with Gasteiger partial charge in [-0.3, -0.25) is 11.1 Å². The molecule has 53 heavy (non-hydrogen) atoms. The van der Waals surface area contributed by atoms with E-state index in [1.165, 1.54) is 11.1 Å². The van der Waals surface area contributed by atoms with E-state index in [4.69, 9.17) is 15.9 Å². The van der Waals surface area contributed by atoms with Gasteiger partial charge >= 0.3 is 21.1 Å². The molecule has 8 heteroatoms. The number of rotatable bonds is 7. The van der Waals surface area contributed by atoms with Gasteiger partial charge in [0.05, 0.1) is 0 Å². The molecule has 3 heterocycles. The Kier molecular flexibility index (Phi) is 13.2. The minimum absolute atomic E-state index is 0. The third-order valence-corrected chi connectivity index (χ3v) is 8.19. The Morgan fingerprint density at radius 3 is 1.98 bits per heavy atom. The van der Waals surface area contributed by atoms with Crippen LogP contribution in [0.2, 0.25) is 0 Å². The first kappa shape index (κ1) is 38.9. The molecular formula is C45H31N4O2Pt2-3. The molecule has 6 nitrogen and oxygen atoms in total. The molecule has 266 valence electrons. The summed E-state index contributed by atoms with van der Waals surface area (Å²) in [5, 5.41) is 0. The number of anilines is 3. The maximum Gasteiger partial charge on any atom is 4.00 e. The Balaban J connectivity index is 0.000000542. The van der Waals surface area contributed by atoms with Crippen molar-refractivity contribution in [2.75, 3.05) is 16.8 Å². The summed E-state index contributed by atoms with van der Waals surface area (Å²) in [6, 6.07) is 53.6. The number of ether oxygens (including phenoxy) is 2. The number of aryl methyl sites for hydroxylation is 2. The predicted octanol–water partition coefficient (Wildman–Crippen LogP) is 10.2. The van der Waals surface area contributed by atoms with Gasteiger partial charge < -0.3 is 35.2 Å². The van der Waals surface area contributed by atoms with E-state index < -0.39 is 0 Å². The fraction of sp³-hybridized carbons (Fsp3) is 0.0667. The normalized spacial score (nSPS) is 11.2. The van der Waals surface area contributed by atoms with Crippen LogP contribution in [0, 0.1) is 63.3 Å². The SMILES string of the molecule is Cc1cc2c(cc1C)N(c1[c-]c(Oc3[c-]c(-c4cc(-c5[c-]c(Oc6[c-]cccc6)ccc5)[c-]cn4)ccc3)ccc1)[CH-]N2C.[C-]#Cn1cccc1.[Pt+4].[Pt]. The van der Waals surface area contributed by atoms with Gasteiger partial charge in [-0.15, -0.1) is 65.8 Å². The van der Waals surface area contributed by atoms with Crippen LogP contribution >= 0.6 is 0 Å². The van der Waals surface area contributed by atoms with Crippen molar-refractivity contribution in [3.05, 3.63) is 182 Å². The van der Waals surface area contributed by atoms with Crippen LogP contribution in [0.5, 0.6) is 23.0 Å². The van der Waals surface area contributed by atoms with Gasteiger partial charge in [0.15, 0.2) is 0 Å². The van der Waals surface area contributed by atoms with Gasteiger partial charge in [-0.1, -0.05) is 18.0 Å². The van der Waals surface area contributed by atoms with Crippen molar-refractivity contribution in [3.8, 4) is 51.4 Å². The maximum absolute atomic E-state index is 6.57.